The second kappa shape index (κ2) is 6.92. The van der Waals surface area contributed by atoms with Gasteiger partial charge in [-0.25, -0.2) is 0 Å². The minimum absolute atomic E-state index is 0.114. The number of amides is 1. The van der Waals surface area contributed by atoms with Crippen molar-refractivity contribution in [3.05, 3.63) is 0 Å². The summed E-state index contributed by atoms with van der Waals surface area (Å²) in [5.74, 6) is 0.797. The van der Waals surface area contributed by atoms with Crippen molar-refractivity contribution in [1.29, 1.82) is 0 Å². The van der Waals surface area contributed by atoms with Crippen LogP contribution in [0.1, 0.15) is 58.3 Å². The molecule has 1 aliphatic heterocycles. The number of ether oxygens (including phenoxy) is 1. The molecule has 2 aliphatic rings. The van der Waals surface area contributed by atoms with Crippen LogP contribution in [0.4, 0.5) is 0 Å². The number of hydrogen-bond acceptors (Lipinski definition) is 3. The van der Waals surface area contributed by atoms with Gasteiger partial charge in [0.25, 0.3) is 0 Å². The molecule has 1 saturated heterocycles. The molecule has 0 N–H and O–H groups in total. The van der Waals surface area contributed by atoms with Crippen LogP contribution >= 0.6 is 0 Å². The monoisotopic (exact) mass is 267 g/mol. The molecule has 0 radical (unpaired) electrons. The molecule has 0 atom stereocenters. The molecule has 0 bridgehead atoms. The van der Waals surface area contributed by atoms with E-state index >= 15 is 0 Å². The van der Waals surface area contributed by atoms with Crippen LogP contribution < -0.4 is 0 Å². The SMILES string of the molecule is CC(=O)OC1CCC(CCC(=O)N2CCCC2)CC1. The van der Waals surface area contributed by atoms with E-state index in [0.29, 0.717) is 18.2 Å². The molecular weight excluding hydrogens is 242 g/mol. The van der Waals surface area contributed by atoms with Crippen molar-refractivity contribution >= 4 is 11.9 Å². The molecule has 0 aromatic carbocycles. The number of likely N-dealkylation sites (tertiary alicyclic amines) is 1. The lowest BCUT2D eigenvalue weighted by molar-refractivity contribution is -0.148. The Hall–Kier alpha value is -1.06. The summed E-state index contributed by atoms with van der Waals surface area (Å²) < 4.78 is 5.23. The third-order valence-corrected chi connectivity index (χ3v) is 4.35. The Bertz CT molecular complexity index is 315. The summed E-state index contributed by atoms with van der Waals surface area (Å²) in [7, 11) is 0. The summed E-state index contributed by atoms with van der Waals surface area (Å²) in [6.45, 7) is 3.39. The van der Waals surface area contributed by atoms with Gasteiger partial charge in [-0.05, 0) is 50.9 Å². The summed E-state index contributed by atoms with van der Waals surface area (Å²) in [6.07, 6.45) is 8.24. The number of esters is 1. The molecule has 0 aromatic heterocycles. The number of nitrogens with zero attached hydrogens (tertiary/aromatic N) is 1. The molecule has 1 amide bonds. The molecule has 4 heteroatoms. The smallest absolute Gasteiger partial charge is 0.302 e. The van der Waals surface area contributed by atoms with E-state index in [4.69, 9.17) is 4.74 Å². The highest BCUT2D eigenvalue weighted by molar-refractivity contribution is 5.76. The van der Waals surface area contributed by atoms with E-state index in [9.17, 15) is 9.59 Å². The molecule has 1 heterocycles. The molecular formula is C15H25NO3. The summed E-state index contributed by atoms with van der Waals surface area (Å²) >= 11 is 0. The van der Waals surface area contributed by atoms with Crippen LogP contribution in [-0.4, -0.2) is 36.0 Å². The second-order valence-corrected chi connectivity index (χ2v) is 5.88. The Kier molecular flexibility index (Phi) is 5.23. The predicted octanol–water partition coefficient (Wildman–Crippen LogP) is 2.51. The van der Waals surface area contributed by atoms with Crippen molar-refractivity contribution < 1.29 is 14.3 Å². The Morgan fingerprint density at radius 3 is 2.32 bits per heavy atom. The van der Waals surface area contributed by atoms with Gasteiger partial charge in [0.1, 0.15) is 6.10 Å². The van der Waals surface area contributed by atoms with E-state index in [1.54, 1.807) is 0 Å². The normalized spacial score (nSPS) is 27.3. The second-order valence-electron chi connectivity index (χ2n) is 5.88. The van der Waals surface area contributed by atoms with E-state index < -0.39 is 0 Å². The van der Waals surface area contributed by atoms with Crippen molar-refractivity contribution in [3.8, 4) is 0 Å². The first kappa shape index (κ1) is 14.4. The zero-order valence-electron chi connectivity index (χ0n) is 11.9. The average molecular weight is 267 g/mol. The highest BCUT2D eigenvalue weighted by Crippen LogP contribution is 2.29. The molecule has 19 heavy (non-hydrogen) atoms. The van der Waals surface area contributed by atoms with Crippen molar-refractivity contribution in [2.45, 2.75) is 64.4 Å². The summed E-state index contributed by atoms with van der Waals surface area (Å²) in [6, 6.07) is 0. The minimum atomic E-state index is -0.173. The van der Waals surface area contributed by atoms with E-state index in [1.165, 1.54) is 19.8 Å². The van der Waals surface area contributed by atoms with Gasteiger partial charge in [0.05, 0.1) is 0 Å². The van der Waals surface area contributed by atoms with Gasteiger partial charge in [-0.2, -0.15) is 0 Å². The predicted molar refractivity (Wildman–Crippen MR) is 72.6 cm³/mol. The highest BCUT2D eigenvalue weighted by Gasteiger charge is 2.24. The third kappa shape index (κ3) is 4.51. The Morgan fingerprint density at radius 2 is 1.74 bits per heavy atom. The molecule has 0 spiro atoms. The number of hydrogen-bond donors (Lipinski definition) is 0. The van der Waals surface area contributed by atoms with Crippen molar-refractivity contribution in [3.63, 3.8) is 0 Å². The van der Waals surface area contributed by atoms with Crippen LogP contribution in [0.2, 0.25) is 0 Å². The van der Waals surface area contributed by atoms with Gasteiger partial charge < -0.3 is 9.64 Å². The lowest BCUT2D eigenvalue weighted by Gasteiger charge is -2.28. The van der Waals surface area contributed by atoms with Crippen LogP contribution in [0.15, 0.2) is 0 Å². The first-order chi connectivity index (χ1) is 9.15. The van der Waals surface area contributed by atoms with Gasteiger partial charge in [0, 0.05) is 26.4 Å². The maximum Gasteiger partial charge on any atom is 0.302 e. The molecule has 1 aliphatic carbocycles. The van der Waals surface area contributed by atoms with Gasteiger partial charge >= 0.3 is 5.97 Å². The molecule has 0 aromatic rings. The summed E-state index contributed by atoms with van der Waals surface area (Å²) in [5, 5.41) is 0. The zero-order chi connectivity index (χ0) is 13.7. The van der Waals surface area contributed by atoms with Gasteiger partial charge in [0.2, 0.25) is 5.91 Å². The summed E-state index contributed by atoms with van der Waals surface area (Å²) in [5.41, 5.74) is 0. The minimum Gasteiger partial charge on any atom is -0.463 e. The lowest BCUT2D eigenvalue weighted by atomic mass is 9.84. The number of carbonyl (C=O) groups excluding carboxylic acids is 2. The Balaban J connectivity index is 1.62. The van der Waals surface area contributed by atoms with Crippen LogP contribution in [0.25, 0.3) is 0 Å². The maximum absolute atomic E-state index is 12.0. The molecule has 4 nitrogen and oxygen atoms in total. The summed E-state index contributed by atoms with van der Waals surface area (Å²) in [4.78, 5) is 24.8. The zero-order valence-corrected chi connectivity index (χ0v) is 11.9. The quantitative estimate of drug-likeness (QED) is 0.735. The van der Waals surface area contributed by atoms with Crippen LogP contribution in [-0.2, 0) is 14.3 Å². The Labute approximate surface area is 115 Å². The first-order valence-electron chi connectivity index (χ1n) is 7.60. The van der Waals surface area contributed by atoms with Crippen molar-refractivity contribution in [1.82, 2.24) is 4.90 Å². The standard InChI is InChI=1S/C15H25NO3/c1-12(17)19-14-7-4-13(5-8-14)6-9-15(18)16-10-2-3-11-16/h13-14H,2-11H2,1H3. The van der Waals surface area contributed by atoms with Crippen molar-refractivity contribution in [2.75, 3.05) is 13.1 Å². The van der Waals surface area contributed by atoms with Gasteiger partial charge in [-0.3, -0.25) is 9.59 Å². The van der Waals surface area contributed by atoms with E-state index in [2.05, 4.69) is 0 Å². The highest BCUT2D eigenvalue weighted by atomic mass is 16.5. The van der Waals surface area contributed by atoms with Gasteiger partial charge in [-0.15, -0.1) is 0 Å². The van der Waals surface area contributed by atoms with Crippen LogP contribution in [0.3, 0.4) is 0 Å². The molecule has 2 fully saturated rings. The molecule has 0 unspecified atom stereocenters. The third-order valence-electron chi connectivity index (χ3n) is 4.35. The topological polar surface area (TPSA) is 46.6 Å². The average Bonchev–Trinajstić information content (AvgIpc) is 2.91. The number of carbonyl (C=O) groups is 2. The lowest BCUT2D eigenvalue weighted by Crippen LogP contribution is -2.29. The van der Waals surface area contributed by atoms with Gasteiger partial charge in [-0.1, -0.05) is 0 Å². The Morgan fingerprint density at radius 1 is 1.11 bits per heavy atom. The molecule has 1 saturated carbocycles. The van der Waals surface area contributed by atoms with Gasteiger partial charge in [0.15, 0.2) is 0 Å². The fourth-order valence-corrected chi connectivity index (χ4v) is 3.23. The fourth-order valence-electron chi connectivity index (χ4n) is 3.23. The van der Waals surface area contributed by atoms with Crippen molar-refractivity contribution in [2.24, 2.45) is 5.92 Å². The van der Waals surface area contributed by atoms with Crippen LogP contribution in [0.5, 0.6) is 0 Å². The van der Waals surface area contributed by atoms with Crippen LogP contribution in [0, 0.1) is 5.92 Å². The van der Waals surface area contributed by atoms with E-state index in [0.717, 1.165) is 45.2 Å². The number of rotatable bonds is 4. The molecule has 2 rings (SSSR count). The fraction of sp³-hybridized carbons (Fsp3) is 0.867. The largest absolute Gasteiger partial charge is 0.463 e. The first-order valence-corrected chi connectivity index (χ1v) is 7.60. The van der Waals surface area contributed by atoms with E-state index in [1.807, 2.05) is 4.90 Å². The molecule has 108 valence electrons. The van der Waals surface area contributed by atoms with E-state index in [-0.39, 0.29) is 12.1 Å². The maximum atomic E-state index is 12.0.